The Morgan fingerprint density at radius 1 is 0.410 bits per heavy atom. The summed E-state index contributed by atoms with van der Waals surface area (Å²) in [6, 6.07) is 71.7. The summed E-state index contributed by atoms with van der Waals surface area (Å²) < 4.78 is 0. The highest BCUT2D eigenvalue weighted by Gasteiger charge is 2.13. The van der Waals surface area contributed by atoms with E-state index in [4.69, 9.17) is 15.0 Å². The standard InChI is InChI=1S/C53H38N4.2C2H6/c1-54-52(41-18-7-3-8-19-41)57-53(42-20-9-4-10-21-42)55-36-37-32-45(35-46(33-37)44-23-15-22-43(34-44)38-16-5-2-6-17-38)39-28-30-40(31-29-39)51-49-26-12-11-24-47(49)48-25-13-14-27-50(48)56-51;2*1-2/h2-35H,1,36H2;2*1-2H3. The van der Waals surface area contributed by atoms with Gasteiger partial charge in [-0.15, -0.1) is 0 Å². The first-order valence-corrected chi connectivity index (χ1v) is 21.1. The van der Waals surface area contributed by atoms with E-state index in [2.05, 4.69) is 157 Å². The van der Waals surface area contributed by atoms with Gasteiger partial charge in [0.2, 0.25) is 0 Å². The van der Waals surface area contributed by atoms with Crippen LogP contribution in [0.3, 0.4) is 0 Å². The van der Waals surface area contributed by atoms with Crippen LogP contribution in [0, 0.1) is 0 Å². The Morgan fingerprint density at radius 3 is 1.51 bits per heavy atom. The summed E-state index contributed by atoms with van der Waals surface area (Å²) in [6.07, 6.45) is 0. The van der Waals surface area contributed by atoms with Crippen molar-refractivity contribution in [3.05, 3.63) is 223 Å². The van der Waals surface area contributed by atoms with Crippen molar-refractivity contribution in [2.24, 2.45) is 15.0 Å². The highest BCUT2D eigenvalue weighted by Crippen LogP contribution is 2.35. The summed E-state index contributed by atoms with van der Waals surface area (Å²) in [4.78, 5) is 19.6. The average Bonchev–Trinajstić information content (AvgIpc) is 3.36. The maximum atomic E-state index is 5.15. The van der Waals surface area contributed by atoms with Crippen molar-refractivity contribution in [3.63, 3.8) is 0 Å². The molecule has 9 aromatic rings. The smallest absolute Gasteiger partial charge is 0.161 e. The fourth-order valence-corrected chi connectivity index (χ4v) is 7.39. The molecule has 0 aliphatic carbocycles. The molecule has 0 saturated heterocycles. The highest BCUT2D eigenvalue weighted by atomic mass is 15.0. The Kier molecular flexibility index (Phi) is 13.9. The fraction of sp³-hybridized carbons (Fsp3) is 0.0877. The zero-order valence-electron chi connectivity index (χ0n) is 35.3. The maximum absolute atomic E-state index is 5.15. The van der Waals surface area contributed by atoms with Crippen LogP contribution in [-0.4, -0.2) is 23.4 Å². The average molecular weight is 791 g/mol. The predicted octanol–water partition coefficient (Wildman–Crippen LogP) is 15.2. The number of amidine groups is 2. The van der Waals surface area contributed by atoms with E-state index in [-0.39, 0.29) is 0 Å². The lowest BCUT2D eigenvalue weighted by Crippen LogP contribution is -2.05. The van der Waals surface area contributed by atoms with Crippen LogP contribution in [0.4, 0.5) is 0 Å². The van der Waals surface area contributed by atoms with Crippen molar-refractivity contribution in [2.45, 2.75) is 34.2 Å². The van der Waals surface area contributed by atoms with E-state index in [9.17, 15) is 0 Å². The van der Waals surface area contributed by atoms with Crippen molar-refractivity contribution in [3.8, 4) is 44.6 Å². The van der Waals surface area contributed by atoms with Gasteiger partial charge in [0.05, 0.1) is 17.8 Å². The molecule has 0 aliphatic heterocycles. The van der Waals surface area contributed by atoms with E-state index in [0.29, 0.717) is 18.2 Å². The SMILES string of the molecule is C=NC(=NC(=NCc1cc(-c2ccc(-c3nc4ccccc4c4ccccc34)cc2)cc(-c2cccc(-c3ccccc3)c2)c1)c1ccccc1)c1ccccc1.CC.CC. The normalized spacial score (nSPS) is 11.3. The number of aromatic nitrogens is 1. The molecular formula is C57H50N4. The minimum Gasteiger partial charge on any atom is -0.261 e. The zero-order chi connectivity index (χ0) is 42.4. The number of hydrogen-bond donors (Lipinski definition) is 0. The molecule has 1 aromatic heterocycles. The van der Waals surface area contributed by atoms with Crippen molar-refractivity contribution >= 4 is 40.1 Å². The number of pyridine rings is 1. The van der Waals surface area contributed by atoms with Crippen LogP contribution in [0.5, 0.6) is 0 Å². The first kappa shape index (κ1) is 41.6. The summed E-state index contributed by atoms with van der Waals surface area (Å²) in [5, 5.41) is 3.51. The molecular weight excluding hydrogens is 741 g/mol. The molecule has 0 saturated carbocycles. The highest BCUT2D eigenvalue weighted by molar-refractivity contribution is 6.13. The third kappa shape index (κ3) is 9.67. The van der Waals surface area contributed by atoms with Crippen LogP contribution in [0.25, 0.3) is 66.3 Å². The van der Waals surface area contributed by atoms with Gasteiger partial charge in [-0.2, -0.15) is 0 Å². The Balaban J connectivity index is 0.00000136. The number of hydrogen-bond acceptors (Lipinski definition) is 2. The van der Waals surface area contributed by atoms with Crippen molar-refractivity contribution in [1.82, 2.24) is 4.98 Å². The Bertz CT molecular complexity index is 2920. The zero-order valence-corrected chi connectivity index (χ0v) is 35.3. The van der Waals surface area contributed by atoms with E-state index < -0.39 is 0 Å². The number of nitrogens with zero attached hydrogens (tertiary/aromatic N) is 4. The van der Waals surface area contributed by atoms with Gasteiger partial charge in [0.15, 0.2) is 11.7 Å². The topological polar surface area (TPSA) is 50.0 Å². The van der Waals surface area contributed by atoms with Crippen molar-refractivity contribution < 1.29 is 0 Å². The Hall–Kier alpha value is -7.56. The third-order valence-electron chi connectivity index (χ3n) is 10.2. The van der Waals surface area contributed by atoms with Gasteiger partial charge in [-0.25, -0.2) is 15.0 Å². The van der Waals surface area contributed by atoms with E-state index >= 15 is 0 Å². The molecule has 0 aliphatic rings. The summed E-state index contributed by atoms with van der Waals surface area (Å²) in [7, 11) is 0. The predicted molar refractivity (Wildman–Crippen MR) is 263 cm³/mol. The minimum absolute atomic E-state index is 0.414. The van der Waals surface area contributed by atoms with Gasteiger partial charge in [-0.1, -0.05) is 204 Å². The molecule has 0 unspecified atom stereocenters. The monoisotopic (exact) mass is 790 g/mol. The van der Waals surface area contributed by atoms with E-state index in [0.717, 1.165) is 66.5 Å². The number of fused-ring (bicyclic) bond motifs is 3. The van der Waals surface area contributed by atoms with Gasteiger partial charge < -0.3 is 0 Å². The second-order valence-corrected chi connectivity index (χ2v) is 13.9. The second-order valence-electron chi connectivity index (χ2n) is 13.9. The lowest BCUT2D eigenvalue weighted by molar-refractivity contribution is 1.06. The molecule has 8 aromatic carbocycles. The maximum Gasteiger partial charge on any atom is 0.161 e. The summed E-state index contributed by atoms with van der Waals surface area (Å²) in [5.41, 5.74) is 12.7. The third-order valence-corrected chi connectivity index (χ3v) is 10.2. The molecule has 61 heavy (non-hydrogen) atoms. The first-order valence-electron chi connectivity index (χ1n) is 21.1. The molecule has 0 N–H and O–H groups in total. The van der Waals surface area contributed by atoms with Crippen LogP contribution >= 0.6 is 0 Å². The Morgan fingerprint density at radius 2 is 0.869 bits per heavy atom. The second kappa shape index (κ2) is 20.4. The molecule has 4 heteroatoms. The van der Waals surface area contributed by atoms with E-state index in [1.54, 1.807) is 0 Å². The lowest BCUT2D eigenvalue weighted by Gasteiger charge is -2.13. The van der Waals surface area contributed by atoms with Gasteiger partial charge in [0.25, 0.3) is 0 Å². The molecule has 0 spiro atoms. The molecule has 298 valence electrons. The lowest BCUT2D eigenvalue weighted by atomic mass is 9.93. The molecule has 0 atom stereocenters. The Labute approximate surface area is 360 Å². The van der Waals surface area contributed by atoms with E-state index in [1.165, 1.54) is 16.5 Å². The van der Waals surface area contributed by atoms with Crippen LogP contribution in [0.2, 0.25) is 0 Å². The van der Waals surface area contributed by atoms with Crippen molar-refractivity contribution in [1.29, 1.82) is 0 Å². The van der Waals surface area contributed by atoms with Gasteiger partial charge in [-0.3, -0.25) is 4.99 Å². The largest absolute Gasteiger partial charge is 0.261 e. The summed E-state index contributed by atoms with van der Waals surface area (Å²) in [6.45, 7) is 12.2. The first-order chi connectivity index (χ1) is 30.2. The van der Waals surface area contributed by atoms with Crippen LogP contribution < -0.4 is 0 Å². The molecule has 0 amide bonds. The molecule has 0 fully saturated rings. The van der Waals surface area contributed by atoms with Gasteiger partial charge in [0, 0.05) is 27.5 Å². The van der Waals surface area contributed by atoms with Crippen molar-refractivity contribution in [2.75, 3.05) is 0 Å². The number of aliphatic imine (C=N–C) groups is 3. The quantitative estimate of drug-likeness (QED) is 0.0859. The minimum atomic E-state index is 0.414. The molecule has 9 rings (SSSR count). The van der Waals surface area contributed by atoms with Gasteiger partial charge in [-0.05, 0) is 81.4 Å². The van der Waals surface area contributed by atoms with E-state index in [1.807, 2.05) is 88.4 Å². The number of rotatable bonds is 8. The molecule has 0 bridgehead atoms. The van der Waals surface area contributed by atoms with Crippen LogP contribution in [0.15, 0.2) is 221 Å². The molecule has 0 radical (unpaired) electrons. The van der Waals surface area contributed by atoms with Gasteiger partial charge >= 0.3 is 0 Å². The number of benzene rings is 8. The van der Waals surface area contributed by atoms with Crippen LogP contribution in [0.1, 0.15) is 44.4 Å². The summed E-state index contributed by atoms with van der Waals surface area (Å²) >= 11 is 0. The fourth-order valence-electron chi connectivity index (χ4n) is 7.39. The van der Waals surface area contributed by atoms with Crippen LogP contribution in [-0.2, 0) is 6.54 Å². The van der Waals surface area contributed by atoms with Gasteiger partial charge in [0.1, 0.15) is 0 Å². The molecule has 1 heterocycles. The number of para-hydroxylation sites is 1. The summed E-state index contributed by atoms with van der Waals surface area (Å²) in [5.74, 6) is 1.12. The molecule has 4 nitrogen and oxygen atoms in total.